The molecule has 0 aliphatic carbocycles. The van der Waals surface area contributed by atoms with Gasteiger partial charge in [-0.2, -0.15) is 11.8 Å². The van der Waals surface area contributed by atoms with Crippen molar-refractivity contribution in [1.29, 1.82) is 0 Å². The fourth-order valence-electron chi connectivity index (χ4n) is 2.09. The Kier molecular flexibility index (Phi) is 5.44. The van der Waals surface area contributed by atoms with E-state index in [0.717, 1.165) is 18.2 Å². The summed E-state index contributed by atoms with van der Waals surface area (Å²) in [6.45, 7) is 0.547. The summed E-state index contributed by atoms with van der Waals surface area (Å²) in [4.78, 5) is 22.4. The molecule has 2 amide bonds. The van der Waals surface area contributed by atoms with Crippen LogP contribution in [0, 0.1) is 5.82 Å². The minimum absolute atomic E-state index is 0.0335. The minimum Gasteiger partial charge on any atom is -0.478 e. The fourth-order valence-corrected chi connectivity index (χ4v) is 3.33. The molecule has 0 bridgehead atoms. The van der Waals surface area contributed by atoms with Gasteiger partial charge in [0.25, 0.3) is 0 Å². The maximum Gasteiger partial charge on any atom is 0.335 e. The van der Waals surface area contributed by atoms with E-state index in [2.05, 4.69) is 10.6 Å². The summed E-state index contributed by atoms with van der Waals surface area (Å²) < 4.78 is 13.7. The zero-order chi connectivity index (χ0) is 15.2. The van der Waals surface area contributed by atoms with Gasteiger partial charge in [0.15, 0.2) is 0 Å². The van der Waals surface area contributed by atoms with Gasteiger partial charge in [0.05, 0.1) is 11.3 Å². The van der Waals surface area contributed by atoms with Crippen LogP contribution in [0.25, 0.3) is 0 Å². The highest BCUT2D eigenvalue weighted by atomic mass is 32.2. The molecule has 21 heavy (non-hydrogen) atoms. The van der Waals surface area contributed by atoms with E-state index in [0.29, 0.717) is 11.8 Å². The van der Waals surface area contributed by atoms with Gasteiger partial charge in [-0.3, -0.25) is 0 Å². The number of hydrogen-bond donors (Lipinski definition) is 3. The number of carboxylic acids is 1. The van der Waals surface area contributed by atoms with Crippen molar-refractivity contribution in [1.82, 2.24) is 5.32 Å². The van der Waals surface area contributed by atoms with Crippen LogP contribution in [0.1, 0.15) is 29.6 Å². The molecule has 1 heterocycles. The van der Waals surface area contributed by atoms with Crippen molar-refractivity contribution in [3.8, 4) is 0 Å². The Balaban J connectivity index is 1.85. The Morgan fingerprint density at radius 1 is 1.38 bits per heavy atom. The lowest BCUT2D eigenvalue weighted by atomic mass is 10.2. The van der Waals surface area contributed by atoms with Crippen LogP contribution in [0.3, 0.4) is 0 Å². The zero-order valence-electron chi connectivity index (χ0n) is 11.4. The maximum atomic E-state index is 13.7. The van der Waals surface area contributed by atoms with Gasteiger partial charge in [0.2, 0.25) is 0 Å². The van der Waals surface area contributed by atoms with Gasteiger partial charge in [-0.1, -0.05) is 6.42 Å². The second-order valence-electron chi connectivity index (χ2n) is 4.82. The van der Waals surface area contributed by atoms with Gasteiger partial charge >= 0.3 is 12.0 Å². The first-order valence-corrected chi connectivity index (χ1v) is 7.80. The highest BCUT2D eigenvalue weighted by Crippen LogP contribution is 2.24. The van der Waals surface area contributed by atoms with E-state index >= 15 is 0 Å². The van der Waals surface area contributed by atoms with Crippen molar-refractivity contribution in [2.24, 2.45) is 0 Å². The smallest absolute Gasteiger partial charge is 0.335 e. The van der Waals surface area contributed by atoms with Gasteiger partial charge in [0.1, 0.15) is 5.82 Å². The molecular weight excluding hydrogens is 295 g/mol. The molecule has 1 fully saturated rings. The van der Waals surface area contributed by atoms with Crippen molar-refractivity contribution in [3.05, 3.63) is 29.6 Å². The third kappa shape index (κ3) is 4.63. The number of urea groups is 1. The Labute approximate surface area is 126 Å². The second kappa shape index (κ2) is 7.31. The summed E-state index contributed by atoms with van der Waals surface area (Å²) in [6.07, 6.45) is 3.47. The Bertz CT molecular complexity index is 533. The lowest BCUT2D eigenvalue weighted by molar-refractivity contribution is 0.0696. The first kappa shape index (κ1) is 15.6. The summed E-state index contributed by atoms with van der Waals surface area (Å²) in [5.74, 6) is -0.865. The summed E-state index contributed by atoms with van der Waals surface area (Å²) in [6, 6.07) is 2.89. The molecule has 1 aliphatic heterocycles. The van der Waals surface area contributed by atoms with Gasteiger partial charge < -0.3 is 15.7 Å². The van der Waals surface area contributed by atoms with E-state index in [-0.39, 0.29) is 11.3 Å². The van der Waals surface area contributed by atoms with Crippen LogP contribution < -0.4 is 10.6 Å². The van der Waals surface area contributed by atoms with Crippen LogP contribution in [0.15, 0.2) is 18.2 Å². The van der Waals surface area contributed by atoms with Gasteiger partial charge in [-0.15, -0.1) is 0 Å². The van der Waals surface area contributed by atoms with E-state index in [1.54, 1.807) is 0 Å². The quantitative estimate of drug-likeness (QED) is 0.799. The molecule has 0 saturated carbocycles. The molecule has 0 aromatic heterocycles. The highest BCUT2D eigenvalue weighted by molar-refractivity contribution is 7.99. The van der Waals surface area contributed by atoms with Crippen LogP contribution in [-0.4, -0.2) is 34.7 Å². The zero-order valence-corrected chi connectivity index (χ0v) is 12.2. The van der Waals surface area contributed by atoms with Crippen molar-refractivity contribution in [2.45, 2.75) is 24.5 Å². The predicted octanol–water partition coefficient (Wildman–Crippen LogP) is 2.93. The Morgan fingerprint density at radius 2 is 2.19 bits per heavy atom. The predicted molar refractivity (Wildman–Crippen MR) is 80.5 cm³/mol. The van der Waals surface area contributed by atoms with Crippen molar-refractivity contribution >= 4 is 29.4 Å². The van der Waals surface area contributed by atoms with Crippen LogP contribution >= 0.6 is 11.8 Å². The largest absolute Gasteiger partial charge is 0.478 e. The maximum absolute atomic E-state index is 13.7. The molecule has 1 aromatic rings. The first-order chi connectivity index (χ1) is 10.1. The molecule has 5 nitrogen and oxygen atoms in total. The molecule has 1 unspecified atom stereocenters. The number of carboxylic acid groups (broad SMARTS) is 1. The molecule has 1 saturated heterocycles. The number of carbonyl (C=O) groups excluding carboxylic acids is 1. The summed E-state index contributed by atoms with van der Waals surface area (Å²) in [7, 11) is 0. The third-order valence-corrected chi connectivity index (χ3v) is 4.63. The number of anilines is 1. The summed E-state index contributed by atoms with van der Waals surface area (Å²) in [5, 5.41) is 14.2. The molecule has 3 N–H and O–H groups in total. The number of nitrogens with one attached hydrogen (secondary N) is 2. The third-order valence-electron chi connectivity index (χ3n) is 3.23. The molecule has 1 atom stereocenters. The molecule has 1 aromatic carbocycles. The molecule has 7 heteroatoms. The number of benzene rings is 1. The number of halogens is 1. The van der Waals surface area contributed by atoms with Crippen LogP contribution in [0.5, 0.6) is 0 Å². The van der Waals surface area contributed by atoms with E-state index < -0.39 is 17.8 Å². The van der Waals surface area contributed by atoms with E-state index in [9.17, 15) is 14.0 Å². The van der Waals surface area contributed by atoms with Crippen molar-refractivity contribution in [3.63, 3.8) is 0 Å². The Morgan fingerprint density at radius 3 is 2.81 bits per heavy atom. The molecule has 1 aliphatic rings. The molecule has 114 valence electrons. The van der Waals surface area contributed by atoms with Crippen LogP contribution in [0.2, 0.25) is 0 Å². The highest BCUT2D eigenvalue weighted by Gasteiger charge is 2.15. The first-order valence-electron chi connectivity index (χ1n) is 6.75. The monoisotopic (exact) mass is 312 g/mol. The molecule has 0 radical (unpaired) electrons. The number of rotatable bonds is 4. The Hall–Kier alpha value is -1.76. The lowest BCUT2D eigenvalue weighted by Gasteiger charge is -2.21. The van der Waals surface area contributed by atoms with Crippen LogP contribution in [-0.2, 0) is 0 Å². The average molecular weight is 312 g/mol. The SMILES string of the molecule is O=C(NCC1CCCCS1)Nc1ccc(C(=O)O)cc1F. The second-order valence-corrected chi connectivity index (χ2v) is 6.23. The topological polar surface area (TPSA) is 78.4 Å². The van der Waals surface area contributed by atoms with E-state index in [4.69, 9.17) is 5.11 Å². The van der Waals surface area contributed by atoms with Gasteiger partial charge in [-0.05, 0) is 36.8 Å². The van der Waals surface area contributed by atoms with E-state index in [1.165, 1.54) is 25.0 Å². The average Bonchev–Trinajstić information content (AvgIpc) is 2.48. The van der Waals surface area contributed by atoms with Gasteiger partial charge in [-0.25, -0.2) is 14.0 Å². The number of aromatic carboxylic acids is 1. The molecular formula is C14H17FN2O3S. The standard InChI is InChI=1S/C14H17FN2O3S/c15-11-7-9(13(18)19)4-5-12(11)17-14(20)16-8-10-3-1-2-6-21-10/h4-5,7,10H,1-3,6,8H2,(H,18,19)(H2,16,17,20). The van der Waals surface area contributed by atoms with Gasteiger partial charge in [0, 0.05) is 11.8 Å². The molecule has 0 spiro atoms. The minimum atomic E-state index is -1.21. The number of hydrogen-bond acceptors (Lipinski definition) is 3. The number of amides is 2. The number of carbonyl (C=O) groups is 2. The summed E-state index contributed by atoms with van der Waals surface area (Å²) >= 11 is 1.84. The van der Waals surface area contributed by atoms with E-state index in [1.807, 2.05) is 11.8 Å². The van der Waals surface area contributed by atoms with Crippen molar-refractivity contribution in [2.75, 3.05) is 17.6 Å². The van der Waals surface area contributed by atoms with Crippen LogP contribution in [0.4, 0.5) is 14.9 Å². The lowest BCUT2D eigenvalue weighted by Crippen LogP contribution is -2.35. The normalized spacial score (nSPS) is 18.0. The number of thioether (sulfide) groups is 1. The summed E-state index contributed by atoms with van der Waals surface area (Å²) in [5.41, 5.74) is -0.189. The fraction of sp³-hybridized carbons (Fsp3) is 0.429. The molecule has 2 rings (SSSR count). The van der Waals surface area contributed by atoms with Crippen molar-refractivity contribution < 1.29 is 19.1 Å².